The van der Waals surface area contributed by atoms with E-state index < -0.39 is 5.56 Å². The summed E-state index contributed by atoms with van der Waals surface area (Å²) in [6.07, 6.45) is 1.61. The molecule has 0 radical (unpaired) electrons. The van der Waals surface area contributed by atoms with Gasteiger partial charge in [0.25, 0.3) is 5.56 Å². The first kappa shape index (κ1) is 17.8. The van der Waals surface area contributed by atoms with Crippen LogP contribution in [0.1, 0.15) is 5.69 Å². The van der Waals surface area contributed by atoms with E-state index in [4.69, 9.17) is 28.7 Å². The van der Waals surface area contributed by atoms with Crippen molar-refractivity contribution < 1.29 is 0 Å². The minimum atomic E-state index is -0.509. The number of nitrogens with one attached hydrogen (secondary N) is 1. The van der Waals surface area contributed by atoms with Gasteiger partial charge in [0.1, 0.15) is 17.2 Å². The summed E-state index contributed by atoms with van der Waals surface area (Å²) in [5, 5.41) is 4.12. The quantitative estimate of drug-likeness (QED) is 0.300. The van der Waals surface area contributed by atoms with E-state index in [0.29, 0.717) is 17.2 Å². The first-order chi connectivity index (χ1) is 10.3. The number of anilines is 5. The molecular formula is C11H17ClN10O. The molecule has 11 N–H and O–H groups in total. The largest absolute Gasteiger partial charge is 0.394 e. The molecule has 0 atom stereocenters. The Bertz CT molecular complexity index is 886. The molecule has 23 heavy (non-hydrogen) atoms. The fourth-order valence-corrected chi connectivity index (χ4v) is 1.60. The molecule has 0 spiro atoms. The second kappa shape index (κ2) is 6.70. The van der Waals surface area contributed by atoms with E-state index in [1.165, 1.54) is 4.52 Å². The van der Waals surface area contributed by atoms with Crippen LogP contribution in [0.3, 0.4) is 0 Å². The van der Waals surface area contributed by atoms with E-state index in [0.717, 1.165) is 5.69 Å². The molecule has 0 unspecified atom stereocenters. The second-order valence-electron chi connectivity index (χ2n) is 4.35. The van der Waals surface area contributed by atoms with E-state index in [9.17, 15) is 4.79 Å². The normalized spacial score (nSPS) is 9.78. The van der Waals surface area contributed by atoms with Crippen LogP contribution >= 0.6 is 12.4 Å². The van der Waals surface area contributed by atoms with Crippen molar-refractivity contribution in [3.8, 4) is 0 Å². The number of rotatable bonds is 0. The molecule has 124 valence electrons. The van der Waals surface area contributed by atoms with Gasteiger partial charge in [-0.1, -0.05) is 0 Å². The summed E-state index contributed by atoms with van der Waals surface area (Å²) < 4.78 is 1.53. The summed E-state index contributed by atoms with van der Waals surface area (Å²) in [4.78, 5) is 20.4. The Morgan fingerprint density at radius 2 is 1.78 bits per heavy atom. The molecule has 11 nitrogen and oxygen atoms in total. The summed E-state index contributed by atoms with van der Waals surface area (Å²) in [5.74, 6) is 0.470. The Hall–Kier alpha value is -3.21. The lowest BCUT2D eigenvalue weighted by Gasteiger charge is -1.96. The smallest absolute Gasteiger partial charge is 0.277 e. The average Bonchev–Trinajstić information content (AvgIpc) is 2.74. The molecule has 3 aromatic heterocycles. The van der Waals surface area contributed by atoms with Gasteiger partial charge in [-0.3, -0.25) is 9.78 Å². The van der Waals surface area contributed by atoms with E-state index in [-0.39, 0.29) is 29.9 Å². The predicted molar refractivity (Wildman–Crippen MR) is 91.9 cm³/mol. The van der Waals surface area contributed by atoms with E-state index in [1.54, 1.807) is 12.3 Å². The fraction of sp³-hybridized carbons (Fsp3) is 0.0909. The Labute approximate surface area is 136 Å². The molecule has 0 aliphatic heterocycles. The minimum Gasteiger partial charge on any atom is -0.394 e. The highest BCUT2D eigenvalue weighted by molar-refractivity contribution is 5.85. The molecule has 0 bridgehead atoms. The number of nitrogens with two attached hydrogens (primary N) is 5. The molecular weight excluding hydrogens is 324 g/mol. The van der Waals surface area contributed by atoms with Crippen molar-refractivity contribution in [1.29, 1.82) is 0 Å². The molecule has 3 aromatic rings. The van der Waals surface area contributed by atoms with Gasteiger partial charge in [0, 0.05) is 6.20 Å². The van der Waals surface area contributed by atoms with Gasteiger partial charge < -0.3 is 28.7 Å². The van der Waals surface area contributed by atoms with Crippen LogP contribution in [-0.2, 0) is 0 Å². The van der Waals surface area contributed by atoms with Crippen LogP contribution in [-0.4, -0.2) is 24.6 Å². The maximum absolute atomic E-state index is 10.7. The monoisotopic (exact) mass is 340 g/mol. The van der Waals surface area contributed by atoms with Crippen LogP contribution in [0.15, 0.2) is 17.1 Å². The van der Waals surface area contributed by atoms with Crippen LogP contribution in [0.5, 0.6) is 0 Å². The van der Waals surface area contributed by atoms with Crippen molar-refractivity contribution in [3.05, 3.63) is 28.3 Å². The third-order valence-corrected chi connectivity index (χ3v) is 2.77. The fourth-order valence-electron chi connectivity index (χ4n) is 1.60. The maximum atomic E-state index is 10.7. The van der Waals surface area contributed by atoms with Gasteiger partial charge in [-0.2, -0.15) is 14.6 Å². The van der Waals surface area contributed by atoms with Crippen molar-refractivity contribution in [1.82, 2.24) is 24.6 Å². The summed E-state index contributed by atoms with van der Waals surface area (Å²) in [5.41, 5.74) is 28.2. The van der Waals surface area contributed by atoms with Crippen LogP contribution in [0.25, 0.3) is 5.65 Å². The number of nitrogen functional groups attached to an aromatic ring is 5. The van der Waals surface area contributed by atoms with Gasteiger partial charge in [0.05, 0.1) is 5.69 Å². The van der Waals surface area contributed by atoms with Crippen LogP contribution < -0.4 is 34.2 Å². The predicted octanol–water partition coefficient (Wildman–Crippen LogP) is -0.860. The number of aromatic amines is 1. The number of hydrogen-bond donors (Lipinski definition) is 6. The highest BCUT2D eigenvalue weighted by Crippen LogP contribution is 2.16. The summed E-state index contributed by atoms with van der Waals surface area (Å²) >= 11 is 0. The lowest BCUT2D eigenvalue weighted by Crippen LogP contribution is -2.17. The van der Waals surface area contributed by atoms with Crippen molar-refractivity contribution in [2.24, 2.45) is 0 Å². The molecule has 0 aromatic carbocycles. The van der Waals surface area contributed by atoms with Crippen LogP contribution in [0.4, 0.5) is 29.0 Å². The Morgan fingerprint density at radius 3 is 2.35 bits per heavy atom. The van der Waals surface area contributed by atoms with Crippen molar-refractivity contribution >= 4 is 47.0 Å². The molecule has 12 heteroatoms. The van der Waals surface area contributed by atoms with Gasteiger partial charge in [-0.05, 0) is 13.0 Å². The van der Waals surface area contributed by atoms with E-state index in [2.05, 4.69) is 20.1 Å². The number of halogens is 1. The number of H-pyrrole nitrogens is 1. The zero-order chi connectivity index (χ0) is 16.4. The molecule has 0 saturated carbocycles. The summed E-state index contributed by atoms with van der Waals surface area (Å²) in [6, 6.07) is 1.68. The van der Waals surface area contributed by atoms with Gasteiger partial charge in [0.15, 0.2) is 11.5 Å². The van der Waals surface area contributed by atoms with Crippen molar-refractivity contribution in [2.45, 2.75) is 6.92 Å². The number of fused-ring (bicyclic) bond motifs is 1. The third kappa shape index (κ3) is 3.52. The van der Waals surface area contributed by atoms with E-state index >= 15 is 0 Å². The second-order valence-corrected chi connectivity index (χ2v) is 4.35. The molecule has 0 fully saturated rings. The lowest BCUT2D eigenvalue weighted by molar-refractivity contribution is 0.929. The number of aromatic nitrogens is 5. The average molecular weight is 341 g/mol. The Morgan fingerprint density at radius 1 is 1.13 bits per heavy atom. The molecule has 0 aliphatic rings. The van der Waals surface area contributed by atoms with Gasteiger partial charge in [-0.15, -0.1) is 12.4 Å². The molecule has 3 rings (SSSR count). The Balaban J connectivity index is 0.000000224. The first-order valence-corrected chi connectivity index (χ1v) is 6.07. The Kier molecular flexibility index (Phi) is 5.20. The standard InChI is InChI=1S/C7H9N5.C4H7N5O.ClH/c1-4-6(9)7-10-3-2-5(8)12(7)11-4;5-1-2(6)8-4(7)9-3(1)10;/h2-3H,8-9H2,1H3;5H2,(H5,6,7,8,9,10);1H. The number of nitrogens with zero attached hydrogens (tertiary/aromatic N) is 4. The number of aryl methyl sites for hydroxylation is 1. The zero-order valence-electron chi connectivity index (χ0n) is 12.1. The molecule has 3 heterocycles. The minimum absolute atomic E-state index is 0. The van der Waals surface area contributed by atoms with Crippen molar-refractivity contribution in [3.63, 3.8) is 0 Å². The molecule has 0 aliphatic carbocycles. The molecule has 0 amide bonds. The maximum Gasteiger partial charge on any atom is 0.277 e. The number of hydrogen-bond acceptors (Lipinski definition) is 9. The third-order valence-electron chi connectivity index (χ3n) is 2.77. The van der Waals surface area contributed by atoms with Crippen LogP contribution in [0.2, 0.25) is 0 Å². The molecule has 0 saturated heterocycles. The van der Waals surface area contributed by atoms with Crippen molar-refractivity contribution in [2.75, 3.05) is 28.7 Å². The SMILES string of the molecule is Cc1nn2c(N)ccnc2c1N.Cl.Nc1nc(N)c(N)c(=O)[nH]1. The highest BCUT2D eigenvalue weighted by atomic mass is 35.5. The van der Waals surface area contributed by atoms with Crippen LogP contribution in [0, 0.1) is 6.92 Å². The van der Waals surface area contributed by atoms with Gasteiger partial charge in [0.2, 0.25) is 5.95 Å². The topological polar surface area (TPSA) is 206 Å². The van der Waals surface area contributed by atoms with E-state index in [1.807, 2.05) is 6.92 Å². The zero-order valence-corrected chi connectivity index (χ0v) is 13.0. The summed E-state index contributed by atoms with van der Waals surface area (Å²) in [7, 11) is 0. The highest BCUT2D eigenvalue weighted by Gasteiger charge is 2.07. The van der Waals surface area contributed by atoms with Gasteiger partial charge in [-0.25, -0.2) is 4.98 Å². The summed E-state index contributed by atoms with van der Waals surface area (Å²) in [6.45, 7) is 1.82. The lowest BCUT2D eigenvalue weighted by atomic mass is 10.4. The first-order valence-electron chi connectivity index (χ1n) is 6.07. The van der Waals surface area contributed by atoms with Gasteiger partial charge >= 0.3 is 0 Å².